The number of amidine groups is 1. The fourth-order valence-electron chi connectivity index (χ4n) is 1.28. The molecule has 0 saturated carbocycles. The number of nitrogens with zero attached hydrogens (tertiary/aromatic N) is 1. The van der Waals surface area contributed by atoms with Crippen molar-refractivity contribution in [2.45, 2.75) is 13.1 Å². The number of hydrogen-bond acceptors (Lipinski definition) is 4. The van der Waals surface area contributed by atoms with E-state index in [-0.39, 0.29) is 5.92 Å². The molecule has 0 heterocycles. The van der Waals surface area contributed by atoms with Gasteiger partial charge in [0.05, 0.1) is 0 Å². The van der Waals surface area contributed by atoms with Gasteiger partial charge in [-0.15, -0.1) is 0 Å². The number of alkyl halides is 3. The van der Waals surface area contributed by atoms with Gasteiger partial charge in [-0.05, 0) is 12.5 Å². The Balaban J connectivity index is 4.20. The summed E-state index contributed by atoms with van der Waals surface area (Å²) in [6.45, 7) is 2.22. The van der Waals surface area contributed by atoms with E-state index in [0.29, 0.717) is 13.2 Å². The number of halogens is 3. The SMILES string of the molecule is COCC(C)CNCC(C(N)=NO)C(F)(F)F. The van der Waals surface area contributed by atoms with E-state index in [9.17, 15) is 13.2 Å². The summed E-state index contributed by atoms with van der Waals surface area (Å²) in [4.78, 5) is 0. The molecule has 2 atom stereocenters. The average molecular weight is 257 g/mol. The lowest BCUT2D eigenvalue weighted by molar-refractivity contribution is -0.155. The number of ether oxygens (including phenoxy) is 1. The minimum Gasteiger partial charge on any atom is -0.409 e. The number of oxime groups is 1. The molecule has 4 N–H and O–H groups in total. The molecule has 0 fully saturated rings. The number of nitrogens with two attached hydrogens (primary N) is 1. The standard InChI is InChI=1S/C9H18F3N3O2/c1-6(5-17-2)3-14-4-7(8(13)15-16)9(10,11)12/h6-7,14,16H,3-5H2,1-2H3,(H2,13,15). The molecule has 0 amide bonds. The maximum Gasteiger partial charge on any atom is 0.400 e. The molecule has 0 aromatic heterocycles. The largest absolute Gasteiger partial charge is 0.409 e. The molecular weight excluding hydrogens is 239 g/mol. The summed E-state index contributed by atoms with van der Waals surface area (Å²) in [5, 5.41) is 13.3. The number of nitrogens with one attached hydrogen (secondary N) is 1. The molecule has 102 valence electrons. The first-order valence-corrected chi connectivity index (χ1v) is 5.06. The summed E-state index contributed by atoms with van der Waals surface area (Å²) >= 11 is 0. The van der Waals surface area contributed by atoms with Gasteiger partial charge in [-0.2, -0.15) is 13.2 Å². The van der Waals surface area contributed by atoms with Crippen LogP contribution in [0.15, 0.2) is 5.16 Å². The summed E-state index contributed by atoms with van der Waals surface area (Å²) in [5.74, 6) is -2.74. The Hall–Kier alpha value is -1.02. The monoisotopic (exact) mass is 257 g/mol. The lowest BCUT2D eigenvalue weighted by atomic mass is 10.1. The lowest BCUT2D eigenvalue weighted by Crippen LogP contribution is -2.43. The topological polar surface area (TPSA) is 79.9 Å². The van der Waals surface area contributed by atoms with Gasteiger partial charge in [0.1, 0.15) is 5.92 Å². The van der Waals surface area contributed by atoms with Gasteiger partial charge in [0.15, 0.2) is 5.84 Å². The summed E-state index contributed by atoms with van der Waals surface area (Å²) in [6.07, 6.45) is -4.53. The van der Waals surface area contributed by atoms with Crippen molar-refractivity contribution in [3.05, 3.63) is 0 Å². The van der Waals surface area contributed by atoms with Gasteiger partial charge in [-0.25, -0.2) is 0 Å². The zero-order valence-corrected chi connectivity index (χ0v) is 9.79. The van der Waals surface area contributed by atoms with E-state index in [2.05, 4.69) is 10.5 Å². The molecule has 0 aliphatic rings. The Morgan fingerprint density at radius 3 is 2.47 bits per heavy atom. The molecular formula is C9H18F3N3O2. The van der Waals surface area contributed by atoms with Crippen molar-refractivity contribution in [1.82, 2.24) is 5.32 Å². The number of rotatable bonds is 7. The van der Waals surface area contributed by atoms with Gasteiger partial charge >= 0.3 is 6.18 Å². The highest BCUT2D eigenvalue weighted by atomic mass is 19.4. The second kappa shape index (κ2) is 7.33. The smallest absolute Gasteiger partial charge is 0.400 e. The summed E-state index contributed by atoms with van der Waals surface area (Å²) in [7, 11) is 1.52. The molecule has 0 spiro atoms. The third-order valence-corrected chi connectivity index (χ3v) is 2.16. The second-order valence-electron chi connectivity index (χ2n) is 3.84. The van der Waals surface area contributed by atoms with Crippen molar-refractivity contribution < 1.29 is 23.1 Å². The van der Waals surface area contributed by atoms with Crippen molar-refractivity contribution in [3.63, 3.8) is 0 Å². The zero-order chi connectivity index (χ0) is 13.5. The molecule has 0 aliphatic heterocycles. The Morgan fingerprint density at radius 1 is 1.47 bits per heavy atom. The van der Waals surface area contributed by atoms with E-state index in [1.54, 1.807) is 0 Å². The first-order valence-electron chi connectivity index (χ1n) is 5.06. The van der Waals surface area contributed by atoms with Crippen LogP contribution in [-0.4, -0.2) is 44.0 Å². The Labute approximate surface area is 97.8 Å². The molecule has 0 radical (unpaired) electrons. The van der Waals surface area contributed by atoms with Crippen LogP contribution in [0.25, 0.3) is 0 Å². The molecule has 0 aromatic rings. The van der Waals surface area contributed by atoms with Crippen molar-refractivity contribution >= 4 is 5.84 Å². The molecule has 8 heteroatoms. The highest BCUT2D eigenvalue weighted by Crippen LogP contribution is 2.25. The fourth-order valence-corrected chi connectivity index (χ4v) is 1.28. The number of methoxy groups -OCH3 is 1. The summed E-state index contributed by atoms with van der Waals surface area (Å²) in [6, 6.07) is 0. The number of hydrogen-bond donors (Lipinski definition) is 3. The van der Waals surface area contributed by atoms with Crippen molar-refractivity contribution in [3.8, 4) is 0 Å². The first kappa shape index (κ1) is 16.0. The Bertz CT molecular complexity index is 246. The van der Waals surface area contributed by atoms with Crippen LogP contribution in [0.3, 0.4) is 0 Å². The molecule has 0 saturated heterocycles. The van der Waals surface area contributed by atoms with Gasteiger partial charge in [0.25, 0.3) is 0 Å². The van der Waals surface area contributed by atoms with Crippen molar-refractivity contribution in [2.24, 2.45) is 22.7 Å². The minimum atomic E-state index is -4.53. The van der Waals surface area contributed by atoms with Gasteiger partial charge < -0.3 is 21.0 Å². The van der Waals surface area contributed by atoms with Crippen LogP contribution >= 0.6 is 0 Å². The molecule has 0 aromatic carbocycles. The fraction of sp³-hybridized carbons (Fsp3) is 0.889. The third kappa shape index (κ3) is 6.32. The predicted molar refractivity (Wildman–Crippen MR) is 56.9 cm³/mol. The molecule has 5 nitrogen and oxygen atoms in total. The quantitative estimate of drug-likeness (QED) is 0.272. The van der Waals surface area contributed by atoms with Crippen LogP contribution in [-0.2, 0) is 4.74 Å². The third-order valence-electron chi connectivity index (χ3n) is 2.16. The predicted octanol–water partition coefficient (Wildman–Crippen LogP) is 0.783. The zero-order valence-electron chi connectivity index (χ0n) is 9.79. The molecule has 0 rings (SSSR count). The van der Waals surface area contributed by atoms with E-state index in [0.717, 1.165) is 0 Å². The van der Waals surface area contributed by atoms with Gasteiger partial charge in [0.2, 0.25) is 0 Å². The van der Waals surface area contributed by atoms with Crippen LogP contribution in [0.5, 0.6) is 0 Å². The van der Waals surface area contributed by atoms with Gasteiger partial charge in [-0.1, -0.05) is 12.1 Å². The van der Waals surface area contributed by atoms with E-state index < -0.39 is 24.5 Å². The molecule has 0 bridgehead atoms. The maximum absolute atomic E-state index is 12.5. The van der Waals surface area contributed by atoms with E-state index in [1.807, 2.05) is 6.92 Å². The van der Waals surface area contributed by atoms with E-state index >= 15 is 0 Å². The van der Waals surface area contributed by atoms with Crippen LogP contribution in [0.1, 0.15) is 6.92 Å². The van der Waals surface area contributed by atoms with Crippen LogP contribution < -0.4 is 11.1 Å². The van der Waals surface area contributed by atoms with Crippen molar-refractivity contribution in [1.29, 1.82) is 0 Å². The molecule has 0 aliphatic carbocycles. The van der Waals surface area contributed by atoms with Crippen molar-refractivity contribution in [2.75, 3.05) is 26.8 Å². The maximum atomic E-state index is 12.5. The Kier molecular flexibility index (Phi) is 6.89. The highest BCUT2D eigenvalue weighted by molar-refractivity contribution is 5.83. The van der Waals surface area contributed by atoms with Crippen LogP contribution in [0.2, 0.25) is 0 Å². The highest BCUT2D eigenvalue weighted by Gasteiger charge is 2.42. The first-order chi connectivity index (χ1) is 7.82. The van der Waals surface area contributed by atoms with Gasteiger partial charge in [0, 0.05) is 20.3 Å². The lowest BCUT2D eigenvalue weighted by Gasteiger charge is -2.20. The van der Waals surface area contributed by atoms with Crippen LogP contribution in [0.4, 0.5) is 13.2 Å². The van der Waals surface area contributed by atoms with Crippen LogP contribution in [0, 0.1) is 11.8 Å². The Morgan fingerprint density at radius 2 is 2.06 bits per heavy atom. The van der Waals surface area contributed by atoms with E-state index in [4.69, 9.17) is 15.7 Å². The average Bonchev–Trinajstić information content (AvgIpc) is 2.22. The minimum absolute atomic E-state index is 0.0844. The molecule has 2 unspecified atom stereocenters. The molecule has 17 heavy (non-hydrogen) atoms. The summed E-state index contributed by atoms with van der Waals surface area (Å²) in [5.41, 5.74) is 4.99. The summed E-state index contributed by atoms with van der Waals surface area (Å²) < 4.78 is 42.3. The van der Waals surface area contributed by atoms with Gasteiger partial charge in [-0.3, -0.25) is 0 Å². The second-order valence-corrected chi connectivity index (χ2v) is 3.84. The normalized spacial score (nSPS) is 16.9. The van der Waals surface area contributed by atoms with E-state index in [1.165, 1.54) is 7.11 Å².